The first-order valence-electron chi connectivity index (χ1n) is 6.17. The number of nitrogens with one attached hydrogen (secondary N) is 1. The first kappa shape index (κ1) is 13.4. The Kier molecular flexibility index (Phi) is 3.45. The zero-order valence-electron chi connectivity index (χ0n) is 11.0. The number of amides is 1. The van der Waals surface area contributed by atoms with Crippen LogP contribution >= 0.6 is 11.6 Å². The van der Waals surface area contributed by atoms with Gasteiger partial charge in [0.05, 0.1) is 5.69 Å². The van der Waals surface area contributed by atoms with Crippen molar-refractivity contribution >= 4 is 34.4 Å². The lowest BCUT2D eigenvalue weighted by atomic mass is 10.3. The van der Waals surface area contributed by atoms with Crippen molar-refractivity contribution in [1.29, 1.82) is 0 Å². The van der Waals surface area contributed by atoms with Gasteiger partial charge in [0.1, 0.15) is 11.0 Å². The Morgan fingerprint density at radius 1 is 1.05 bits per heavy atom. The van der Waals surface area contributed by atoms with Crippen LogP contribution in [0.1, 0.15) is 16.2 Å². The van der Waals surface area contributed by atoms with E-state index in [0.29, 0.717) is 16.6 Å². The number of rotatable bonds is 2. The summed E-state index contributed by atoms with van der Waals surface area (Å²) in [6, 6.07) is 10.3. The minimum absolute atomic E-state index is 0.224. The summed E-state index contributed by atoms with van der Waals surface area (Å²) in [5.41, 5.74) is 1.44. The molecule has 0 bridgehead atoms. The molecule has 0 radical (unpaired) electrons. The smallest absolute Gasteiger partial charge is 0.277 e. The SMILES string of the molecule is Cc1ccc(C(=O)Nc2ccc3ccc(Cl)nc3n2)nn1. The highest BCUT2D eigenvalue weighted by Crippen LogP contribution is 2.16. The molecule has 0 atom stereocenters. The van der Waals surface area contributed by atoms with Gasteiger partial charge >= 0.3 is 0 Å². The molecule has 1 N–H and O–H groups in total. The van der Waals surface area contributed by atoms with Gasteiger partial charge in [0.25, 0.3) is 5.91 Å². The van der Waals surface area contributed by atoms with Crippen LogP contribution in [0.2, 0.25) is 5.15 Å². The molecule has 6 nitrogen and oxygen atoms in total. The molecule has 1 amide bonds. The molecule has 0 aliphatic rings. The van der Waals surface area contributed by atoms with Crippen molar-refractivity contribution in [2.45, 2.75) is 6.92 Å². The molecular weight excluding hydrogens is 290 g/mol. The van der Waals surface area contributed by atoms with Crippen LogP contribution < -0.4 is 5.32 Å². The quantitative estimate of drug-likeness (QED) is 0.736. The summed E-state index contributed by atoms with van der Waals surface area (Å²) >= 11 is 5.83. The molecule has 3 rings (SSSR count). The molecule has 0 aliphatic heterocycles. The fourth-order valence-electron chi connectivity index (χ4n) is 1.75. The Morgan fingerprint density at radius 2 is 1.86 bits per heavy atom. The molecule has 21 heavy (non-hydrogen) atoms. The number of aryl methyl sites for hydroxylation is 1. The summed E-state index contributed by atoms with van der Waals surface area (Å²) in [6.07, 6.45) is 0. The van der Waals surface area contributed by atoms with Gasteiger partial charge in [0.2, 0.25) is 0 Å². The van der Waals surface area contributed by atoms with Gasteiger partial charge in [0.15, 0.2) is 11.3 Å². The third-order valence-electron chi connectivity index (χ3n) is 2.79. The van der Waals surface area contributed by atoms with Gasteiger partial charge in [-0.25, -0.2) is 9.97 Å². The summed E-state index contributed by atoms with van der Waals surface area (Å²) in [7, 11) is 0. The van der Waals surface area contributed by atoms with Gasteiger partial charge in [0, 0.05) is 5.39 Å². The maximum absolute atomic E-state index is 12.0. The lowest BCUT2D eigenvalue weighted by Gasteiger charge is -2.05. The predicted octanol–water partition coefficient (Wildman–Crippen LogP) is 2.63. The van der Waals surface area contributed by atoms with Crippen molar-refractivity contribution in [1.82, 2.24) is 20.2 Å². The molecule has 3 heterocycles. The van der Waals surface area contributed by atoms with Gasteiger partial charge in [-0.05, 0) is 43.3 Å². The van der Waals surface area contributed by atoms with Crippen LogP contribution in [-0.2, 0) is 0 Å². The third-order valence-corrected chi connectivity index (χ3v) is 3.00. The van der Waals surface area contributed by atoms with Gasteiger partial charge in [-0.2, -0.15) is 5.10 Å². The number of carbonyl (C=O) groups is 1. The van der Waals surface area contributed by atoms with Gasteiger partial charge in [-0.3, -0.25) is 4.79 Å². The highest BCUT2D eigenvalue weighted by Gasteiger charge is 2.09. The molecule has 0 spiro atoms. The van der Waals surface area contributed by atoms with E-state index in [1.807, 2.05) is 12.1 Å². The number of pyridine rings is 2. The second-order valence-corrected chi connectivity index (χ2v) is 4.78. The Labute approximate surface area is 125 Å². The average Bonchev–Trinajstić information content (AvgIpc) is 2.47. The largest absolute Gasteiger partial charge is 0.305 e. The molecular formula is C14H10ClN5O. The van der Waals surface area contributed by atoms with E-state index in [9.17, 15) is 4.79 Å². The topological polar surface area (TPSA) is 80.7 Å². The monoisotopic (exact) mass is 299 g/mol. The Hall–Kier alpha value is -2.60. The van der Waals surface area contributed by atoms with Crippen molar-refractivity contribution < 1.29 is 4.79 Å². The van der Waals surface area contributed by atoms with Crippen LogP contribution in [0, 0.1) is 6.92 Å². The van der Waals surface area contributed by atoms with Gasteiger partial charge < -0.3 is 5.32 Å². The zero-order chi connectivity index (χ0) is 14.8. The van der Waals surface area contributed by atoms with Gasteiger partial charge in [-0.15, -0.1) is 5.10 Å². The molecule has 0 aromatic carbocycles. The van der Waals surface area contributed by atoms with Crippen LogP contribution in [0.5, 0.6) is 0 Å². The number of hydrogen-bond donors (Lipinski definition) is 1. The van der Waals surface area contributed by atoms with Crippen LogP contribution in [0.4, 0.5) is 5.82 Å². The van der Waals surface area contributed by atoms with E-state index in [-0.39, 0.29) is 11.6 Å². The average molecular weight is 300 g/mol. The van der Waals surface area contributed by atoms with E-state index in [2.05, 4.69) is 25.5 Å². The number of hydrogen-bond acceptors (Lipinski definition) is 5. The number of nitrogens with zero attached hydrogens (tertiary/aromatic N) is 4. The molecule has 104 valence electrons. The van der Waals surface area contributed by atoms with E-state index in [0.717, 1.165) is 11.1 Å². The second-order valence-electron chi connectivity index (χ2n) is 4.39. The minimum atomic E-state index is -0.378. The Bertz CT molecular complexity index is 819. The van der Waals surface area contributed by atoms with Crippen molar-refractivity contribution in [2.75, 3.05) is 5.32 Å². The third kappa shape index (κ3) is 2.95. The van der Waals surface area contributed by atoms with Crippen LogP contribution in [0.3, 0.4) is 0 Å². The van der Waals surface area contributed by atoms with E-state index in [4.69, 9.17) is 11.6 Å². The maximum Gasteiger partial charge on any atom is 0.277 e. The summed E-state index contributed by atoms with van der Waals surface area (Å²) in [5.74, 6) is 0.000944. The first-order valence-corrected chi connectivity index (χ1v) is 6.54. The normalized spacial score (nSPS) is 10.6. The molecule has 0 unspecified atom stereocenters. The number of anilines is 1. The summed E-state index contributed by atoms with van der Waals surface area (Å²) < 4.78 is 0. The number of fused-ring (bicyclic) bond motifs is 1. The number of carbonyl (C=O) groups excluding carboxylic acids is 1. The van der Waals surface area contributed by atoms with Crippen molar-refractivity contribution in [2.24, 2.45) is 0 Å². The molecule has 0 saturated heterocycles. The fourth-order valence-corrected chi connectivity index (χ4v) is 1.89. The number of halogens is 1. The standard InChI is InChI=1S/C14H10ClN5O/c1-8-2-5-10(20-19-8)14(21)18-12-7-4-9-3-6-11(15)16-13(9)17-12/h2-7H,1H3,(H,16,17,18,21). The van der Waals surface area contributed by atoms with Crippen molar-refractivity contribution in [3.8, 4) is 0 Å². The minimum Gasteiger partial charge on any atom is -0.305 e. The lowest BCUT2D eigenvalue weighted by Crippen LogP contribution is -2.15. The van der Waals surface area contributed by atoms with Crippen LogP contribution in [0.15, 0.2) is 36.4 Å². The van der Waals surface area contributed by atoms with E-state index >= 15 is 0 Å². The maximum atomic E-state index is 12.0. The highest BCUT2D eigenvalue weighted by molar-refractivity contribution is 6.29. The zero-order valence-corrected chi connectivity index (χ0v) is 11.8. The van der Waals surface area contributed by atoms with E-state index in [1.165, 1.54) is 0 Å². The Morgan fingerprint density at radius 3 is 2.62 bits per heavy atom. The van der Waals surface area contributed by atoms with Crippen molar-refractivity contribution in [3.05, 3.63) is 52.9 Å². The summed E-state index contributed by atoms with van der Waals surface area (Å²) in [6.45, 7) is 1.80. The molecule has 0 saturated carbocycles. The van der Waals surface area contributed by atoms with Crippen LogP contribution in [0.25, 0.3) is 11.0 Å². The first-order chi connectivity index (χ1) is 10.1. The lowest BCUT2D eigenvalue weighted by molar-refractivity contribution is 0.102. The van der Waals surface area contributed by atoms with E-state index in [1.54, 1.807) is 31.2 Å². The fraction of sp³-hybridized carbons (Fsp3) is 0.0714. The van der Waals surface area contributed by atoms with Crippen molar-refractivity contribution in [3.63, 3.8) is 0 Å². The van der Waals surface area contributed by atoms with Crippen LogP contribution in [-0.4, -0.2) is 26.1 Å². The predicted molar refractivity (Wildman–Crippen MR) is 79.3 cm³/mol. The highest BCUT2D eigenvalue weighted by atomic mass is 35.5. The Balaban J connectivity index is 1.87. The molecule has 0 aliphatic carbocycles. The van der Waals surface area contributed by atoms with E-state index < -0.39 is 0 Å². The number of aromatic nitrogens is 4. The molecule has 0 fully saturated rings. The summed E-state index contributed by atoms with van der Waals surface area (Å²) in [4.78, 5) is 20.4. The summed E-state index contributed by atoms with van der Waals surface area (Å²) in [5, 5.41) is 11.5. The second kappa shape index (κ2) is 5.41. The molecule has 3 aromatic heterocycles. The molecule has 7 heteroatoms. The van der Waals surface area contributed by atoms with Gasteiger partial charge in [-0.1, -0.05) is 11.6 Å². The molecule has 3 aromatic rings.